The van der Waals surface area contributed by atoms with Crippen molar-refractivity contribution in [3.63, 3.8) is 0 Å². The fraction of sp³-hybridized carbons (Fsp3) is 0.294. The van der Waals surface area contributed by atoms with Crippen molar-refractivity contribution >= 4 is 0 Å². The van der Waals surface area contributed by atoms with Crippen LogP contribution in [-0.2, 0) is 6.42 Å². The monoisotopic (exact) mass is 255 g/mol. The van der Waals surface area contributed by atoms with Crippen LogP contribution in [0.4, 0.5) is 0 Å². The first-order valence-electron chi connectivity index (χ1n) is 6.83. The second-order valence-corrected chi connectivity index (χ2v) is 4.67. The van der Waals surface area contributed by atoms with E-state index in [4.69, 9.17) is 0 Å². The molecule has 0 saturated carbocycles. The highest BCUT2D eigenvalue weighted by molar-refractivity contribution is 5.19. The SMILES string of the molecule is OCCC(NCCc1ccccc1)c1ccccc1. The highest BCUT2D eigenvalue weighted by Crippen LogP contribution is 2.15. The number of hydrogen-bond donors (Lipinski definition) is 2. The van der Waals surface area contributed by atoms with Gasteiger partial charge >= 0.3 is 0 Å². The molecule has 0 fully saturated rings. The third-order valence-electron chi connectivity index (χ3n) is 3.27. The first kappa shape index (κ1) is 13.8. The zero-order chi connectivity index (χ0) is 13.3. The molecule has 0 heterocycles. The lowest BCUT2D eigenvalue weighted by Gasteiger charge is -2.18. The van der Waals surface area contributed by atoms with Crippen molar-refractivity contribution in [3.8, 4) is 0 Å². The van der Waals surface area contributed by atoms with Crippen LogP contribution >= 0.6 is 0 Å². The average Bonchev–Trinajstić information content (AvgIpc) is 2.48. The summed E-state index contributed by atoms with van der Waals surface area (Å²) in [4.78, 5) is 0. The van der Waals surface area contributed by atoms with Gasteiger partial charge in [0.2, 0.25) is 0 Å². The summed E-state index contributed by atoms with van der Waals surface area (Å²) >= 11 is 0. The van der Waals surface area contributed by atoms with Crippen LogP contribution in [0.15, 0.2) is 60.7 Å². The second-order valence-electron chi connectivity index (χ2n) is 4.67. The van der Waals surface area contributed by atoms with E-state index < -0.39 is 0 Å². The predicted octanol–water partition coefficient (Wildman–Crippen LogP) is 2.94. The van der Waals surface area contributed by atoms with Gasteiger partial charge in [-0.3, -0.25) is 0 Å². The Morgan fingerprint density at radius 2 is 1.53 bits per heavy atom. The maximum absolute atomic E-state index is 9.17. The van der Waals surface area contributed by atoms with Crippen LogP contribution in [0.1, 0.15) is 23.6 Å². The van der Waals surface area contributed by atoms with E-state index >= 15 is 0 Å². The Kier molecular flexibility index (Phi) is 5.60. The molecule has 2 N–H and O–H groups in total. The minimum Gasteiger partial charge on any atom is -0.396 e. The number of rotatable bonds is 7. The topological polar surface area (TPSA) is 32.3 Å². The fourth-order valence-electron chi connectivity index (χ4n) is 2.24. The Hall–Kier alpha value is -1.64. The molecule has 0 aromatic heterocycles. The lowest BCUT2D eigenvalue weighted by molar-refractivity contribution is 0.266. The van der Waals surface area contributed by atoms with Gasteiger partial charge in [0.15, 0.2) is 0 Å². The number of hydrogen-bond acceptors (Lipinski definition) is 2. The molecule has 0 saturated heterocycles. The van der Waals surface area contributed by atoms with E-state index in [0.29, 0.717) is 0 Å². The van der Waals surface area contributed by atoms with Crippen LogP contribution in [0.25, 0.3) is 0 Å². The van der Waals surface area contributed by atoms with Gasteiger partial charge in [-0.2, -0.15) is 0 Å². The Morgan fingerprint density at radius 3 is 2.16 bits per heavy atom. The molecule has 2 nitrogen and oxygen atoms in total. The van der Waals surface area contributed by atoms with Crippen molar-refractivity contribution in [3.05, 3.63) is 71.8 Å². The number of aliphatic hydroxyl groups is 1. The van der Waals surface area contributed by atoms with Crippen molar-refractivity contribution < 1.29 is 5.11 Å². The Balaban J connectivity index is 1.87. The summed E-state index contributed by atoms with van der Waals surface area (Å²) < 4.78 is 0. The summed E-state index contributed by atoms with van der Waals surface area (Å²) in [6.07, 6.45) is 1.76. The summed E-state index contributed by atoms with van der Waals surface area (Å²) in [6.45, 7) is 1.13. The molecule has 0 bridgehead atoms. The summed E-state index contributed by atoms with van der Waals surface area (Å²) in [5.41, 5.74) is 2.58. The lowest BCUT2D eigenvalue weighted by atomic mass is 10.0. The lowest BCUT2D eigenvalue weighted by Crippen LogP contribution is -2.24. The molecule has 2 rings (SSSR count). The van der Waals surface area contributed by atoms with Crippen LogP contribution in [0.5, 0.6) is 0 Å². The van der Waals surface area contributed by atoms with Gasteiger partial charge in [-0.15, -0.1) is 0 Å². The van der Waals surface area contributed by atoms with Gasteiger partial charge in [0.25, 0.3) is 0 Å². The number of benzene rings is 2. The van der Waals surface area contributed by atoms with Gasteiger partial charge < -0.3 is 10.4 Å². The molecule has 19 heavy (non-hydrogen) atoms. The highest BCUT2D eigenvalue weighted by atomic mass is 16.3. The predicted molar refractivity (Wildman–Crippen MR) is 79.0 cm³/mol. The van der Waals surface area contributed by atoms with E-state index in [0.717, 1.165) is 19.4 Å². The molecular weight excluding hydrogens is 234 g/mol. The van der Waals surface area contributed by atoms with Crippen LogP contribution in [0, 0.1) is 0 Å². The molecule has 2 aromatic carbocycles. The Bertz CT molecular complexity index is 455. The van der Waals surface area contributed by atoms with Gasteiger partial charge in [0, 0.05) is 12.6 Å². The maximum atomic E-state index is 9.17. The number of nitrogens with one attached hydrogen (secondary N) is 1. The van der Waals surface area contributed by atoms with Crippen molar-refractivity contribution in [1.82, 2.24) is 5.32 Å². The molecular formula is C17H21NO. The molecule has 0 radical (unpaired) electrons. The van der Waals surface area contributed by atoms with Crippen LogP contribution in [0.2, 0.25) is 0 Å². The van der Waals surface area contributed by atoms with Crippen molar-refractivity contribution in [2.75, 3.05) is 13.2 Å². The van der Waals surface area contributed by atoms with Gasteiger partial charge in [-0.05, 0) is 30.5 Å². The maximum Gasteiger partial charge on any atom is 0.0449 e. The minimum absolute atomic E-state index is 0.206. The number of aliphatic hydroxyl groups excluding tert-OH is 1. The zero-order valence-electron chi connectivity index (χ0n) is 11.1. The molecule has 1 unspecified atom stereocenters. The molecule has 0 amide bonds. The van der Waals surface area contributed by atoms with E-state index in [9.17, 15) is 5.11 Å². The molecule has 0 aliphatic heterocycles. The molecule has 0 spiro atoms. The summed E-state index contributed by atoms with van der Waals surface area (Å²) in [5.74, 6) is 0. The third-order valence-corrected chi connectivity index (χ3v) is 3.27. The molecule has 2 heteroatoms. The minimum atomic E-state index is 0.206. The molecule has 0 aliphatic carbocycles. The van der Waals surface area contributed by atoms with Crippen LogP contribution in [-0.4, -0.2) is 18.3 Å². The molecule has 1 atom stereocenters. The Labute approximate surface area is 115 Å². The molecule has 100 valence electrons. The van der Waals surface area contributed by atoms with E-state index in [2.05, 4.69) is 41.7 Å². The Morgan fingerprint density at radius 1 is 0.895 bits per heavy atom. The summed E-state index contributed by atoms with van der Waals surface area (Å²) in [6, 6.07) is 21.0. The normalized spacial score (nSPS) is 12.3. The summed E-state index contributed by atoms with van der Waals surface area (Å²) in [5, 5.41) is 12.7. The highest BCUT2D eigenvalue weighted by Gasteiger charge is 2.09. The van der Waals surface area contributed by atoms with E-state index in [1.165, 1.54) is 11.1 Å². The molecule has 2 aromatic rings. The fourth-order valence-corrected chi connectivity index (χ4v) is 2.24. The van der Waals surface area contributed by atoms with Crippen molar-refractivity contribution in [2.24, 2.45) is 0 Å². The first-order valence-corrected chi connectivity index (χ1v) is 6.83. The van der Waals surface area contributed by atoms with Crippen molar-refractivity contribution in [2.45, 2.75) is 18.9 Å². The van der Waals surface area contributed by atoms with Gasteiger partial charge in [-0.25, -0.2) is 0 Å². The molecule has 0 aliphatic rings. The van der Waals surface area contributed by atoms with Crippen molar-refractivity contribution in [1.29, 1.82) is 0 Å². The van der Waals surface area contributed by atoms with Crippen LogP contribution in [0.3, 0.4) is 0 Å². The first-order chi connectivity index (χ1) is 9.40. The summed E-state index contributed by atoms with van der Waals surface area (Å²) in [7, 11) is 0. The standard InChI is InChI=1S/C17H21NO/c19-14-12-17(16-9-5-2-6-10-16)18-13-11-15-7-3-1-4-8-15/h1-10,17-19H,11-14H2. The smallest absolute Gasteiger partial charge is 0.0449 e. The second kappa shape index (κ2) is 7.72. The quantitative estimate of drug-likeness (QED) is 0.797. The van der Waals surface area contributed by atoms with E-state index in [1.54, 1.807) is 0 Å². The van der Waals surface area contributed by atoms with Crippen LogP contribution < -0.4 is 5.32 Å². The average molecular weight is 255 g/mol. The van der Waals surface area contributed by atoms with Gasteiger partial charge in [0.05, 0.1) is 0 Å². The zero-order valence-corrected chi connectivity index (χ0v) is 11.1. The van der Waals surface area contributed by atoms with Gasteiger partial charge in [0.1, 0.15) is 0 Å². The van der Waals surface area contributed by atoms with E-state index in [-0.39, 0.29) is 12.6 Å². The van der Waals surface area contributed by atoms with Gasteiger partial charge in [-0.1, -0.05) is 60.7 Å². The van der Waals surface area contributed by atoms with E-state index in [1.807, 2.05) is 24.3 Å². The largest absolute Gasteiger partial charge is 0.396 e. The third kappa shape index (κ3) is 4.51.